The van der Waals surface area contributed by atoms with Gasteiger partial charge in [0.05, 0.1) is 9.70 Å². The summed E-state index contributed by atoms with van der Waals surface area (Å²) < 4.78 is 28.4. The van der Waals surface area contributed by atoms with Gasteiger partial charge in [-0.15, -0.1) is 11.3 Å². The largest absolute Gasteiger partial charge is 0.355 e. The fraction of sp³-hybridized carbons (Fsp3) is 0.476. The van der Waals surface area contributed by atoms with Crippen LogP contribution in [0.3, 0.4) is 0 Å². The van der Waals surface area contributed by atoms with E-state index in [1.807, 2.05) is 18.2 Å². The predicted octanol–water partition coefficient (Wildman–Crippen LogP) is 4.15. The van der Waals surface area contributed by atoms with Gasteiger partial charge >= 0.3 is 0 Å². The second-order valence-electron chi connectivity index (χ2n) is 7.98. The fourth-order valence-electron chi connectivity index (χ4n) is 4.30. The number of thiophene rings is 1. The Hall–Kier alpha value is -1.22. The molecule has 2 aliphatic rings. The Bertz CT molecular complexity index is 971. The van der Waals surface area contributed by atoms with Gasteiger partial charge in [0.15, 0.2) is 0 Å². The predicted molar refractivity (Wildman–Crippen MR) is 118 cm³/mol. The van der Waals surface area contributed by atoms with Gasteiger partial charge in [0.1, 0.15) is 4.21 Å². The highest BCUT2D eigenvalue weighted by Gasteiger charge is 2.40. The Morgan fingerprint density at radius 3 is 2.55 bits per heavy atom. The van der Waals surface area contributed by atoms with E-state index in [9.17, 15) is 13.2 Å². The quantitative estimate of drug-likeness (QED) is 0.652. The van der Waals surface area contributed by atoms with E-state index in [1.165, 1.54) is 27.6 Å². The normalized spacial score (nSPS) is 22.0. The van der Waals surface area contributed by atoms with E-state index in [2.05, 4.69) is 33.4 Å². The summed E-state index contributed by atoms with van der Waals surface area (Å²) in [4.78, 5) is 12.9. The molecule has 0 radical (unpaired) electrons. The number of hydrogen-bond acceptors (Lipinski definition) is 4. The van der Waals surface area contributed by atoms with Gasteiger partial charge in [0.2, 0.25) is 5.91 Å². The first-order chi connectivity index (χ1) is 13.9. The molecule has 1 saturated heterocycles. The van der Waals surface area contributed by atoms with Crippen LogP contribution in [0.1, 0.15) is 37.7 Å². The second kappa shape index (κ2) is 8.49. The van der Waals surface area contributed by atoms with E-state index in [-0.39, 0.29) is 23.8 Å². The zero-order valence-electron chi connectivity index (χ0n) is 16.1. The summed E-state index contributed by atoms with van der Waals surface area (Å²) in [5, 5.41) is 3.14. The summed E-state index contributed by atoms with van der Waals surface area (Å²) in [7, 11) is -3.55. The smallest absolute Gasteiger partial charge is 0.252 e. The molecular weight excluding hydrogens is 472 g/mol. The first kappa shape index (κ1) is 21.0. The number of nitrogens with zero attached hydrogens (tertiary/aromatic N) is 1. The Morgan fingerprint density at radius 2 is 1.93 bits per heavy atom. The lowest BCUT2D eigenvalue weighted by atomic mass is 9.64. The third-order valence-electron chi connectivity index (χ3n) is 6.20. The minimum absolute atomic E-state index is 0.0283. The van der Waals surface area contributed by atoms with Crippen LogP contribution >= 0.6 is 27.3 Å². The van der Waals surface area contributed by atoms with E-state index in [0.717, 1.165) is 23.0 Å². The van der Waals surface area contributed by atoms with Crippen molar-refractivity contribution in [1.82, 2.24) is 9.62 Å². The van der Waals surface area contributed by atoms with E-state index in [0.29, 0.717) is 23.7 Å². The highest BCUT2D eigenvalue weighted by atomic mass is 79.9. The van der Waals surface area contributed by atoms with Gasteiger partial charge in [-0.1, -0.05) is 36.8 Å². The molecule has 4 rings (SSSR count). The van der Waals surface area contributed by atoms with Crippen molar-refractivity contribution in [2.75, 3.05) is 19.6 Å². The highest BCUT2D eigenvalue weighted by molar-refractivity contribution is 9.11. The minimum Gasteiger partial charge on any atom is -0.355 e. The molecule has 0 bridgehead atoms. The van der Waals surface area contributed by atoms with E-state index < -0.39 is 10.0 Å². The molecule has 1 saturated carbocycles. The SMILES string of the molecule is O=C(NCC1(c2ccccc2)CCC1)C1CCCN(S(=O)(=O)c2ccc(Br)s2)C1. The van der Waals surface area contributed by atoms with Crippen molar-refractivity contribution in [3.05, 3.63) is 51.8 Å². The van der Waals surface area contributed by atoms with Gasteiger partial charge < -0.3 is 5.32 Å². The molecule has 156 valence electrons. The van der Waals surface area contributed by atoms with Crippen molar-refractivity contribution >= 4 is 43.2 Å². The molecule has 0 spiro atoms. The Kier molecular flexibility index (Phi) is 6.16. The number of nitrogens with one attached hydrogen (secondary N) is 1. The van der Waals surface area contributed by atoms with Crippen molar-refractivity contribution in [3.63, 3.8) is 0 Å². The third kappa shape index (κ3) is 4.31. The van der Waals surface area contributed by atoms with Crippen LogP contribution in [0.25, 0.3) is 0 Å². The van der Waals surface area contributed by atoms with Crippen molar-refractivity contribution in [2.24, 2.45) is 5.92 Å². The standard InChI is InChI=1S/C21H25BrN2O3S2/c22-18-9-10-19(28-18)29(26,27)24-13-4-6-16(14-24)20(25)23-15-21(11-5-12-21)17-7-2-1-3-8-17/h1-3,7-10,16H,4-6,11-15H2,(H,23,25). The van der Waals surface area contributed by atoms with Crippen LogP contribution < -0.4 is 5.32 Å². The van der Waals surface area contributed by atoms with E-state index >= 15 is 0 Å². The lowest BCUT2D eigenvalue weighted by Crippen LogP contribution is -2.50. The monoisotopic (exact) mass is 496 g/mol. The topological polar surface area (TPSA) is 66.5 Å². The summed E-state index contributed by atoms with van der Waals surface area (Å²) in [6, 6.07) is 13.7. The summed E-state index contributed by atoms with van der Waals surface area (Å²) in [5.74, 6) is -0.325. The number of rotatable bonds is 6. The Morgan fingerprint density at radius 1 is 1.17 bits per heavy atom. The van der Waals surface area contributed by atoms with E-state index in [1.54, 1.807) is 12.1 Å². The number of amides is 1. The maximum absolute atomic E-state index is 12.9. The first-order valence-electron chi connectivity index (χ1n) is 9.99. The van der Waals surface area contributed by atoms with Crippen molar-refractivity contribution < 1.29 is 13.2 Å². The average Bonchev–Trinajstić information content (AvgIpc) is 3.15. The van der Waals surface area contributed by atoms with Gasteiger partial charge in [-0.25, -0.2) is 8.42 Å². The minimum atomic E-state index is -3.55. The van der Waals surface area contributed by atoms with Gasteiger partial charge in [-0.3, -0.25) is 4.79 Å². The molecule has 2 aromatic rings. The average molecular weight is 497 g/mol. The molecule has 1 N–H and O–H groups in total. The first-order valence-corrected chi connectivity index (χ1v) is 13.0. The molecule has 8 heteroatoms. The van der Waals surface area contributed by atoms with Crippen molar-refractivity contribution in [2.45, 2.75) is 41.7 Å². The zero-order chi connectivity index (χ0) is 20.5. The molecule has 1 aromatic heterocycles. The van der Waals surface area contributed by atoms with Crippen LogP contribution in [-0.4, -0.2) is 38.3 Å². The fourth-order valence-corrected chi connectivity index (χ4v) is 7.99. The number of piperidine rings is 1. The molecule has 2 heterocycles. The molecule has 1 amide bonds. The number of halogens is 1. The molecule has 1 aliphatic heterocycles. The van der Waals surface area contributed by atoms with Crippen LogP contribution in [0, 0.1) is 5.92 Å². The maximum atomic E-state index is 12.9. The molecule has 29 heavy (non-hydrogen) atoms. The molecule has 1 aliphatic carbocycles. The van der Waals surface area contributed by atoms with Gasteiger partial charge in [-0.2, -0.15) is 4.31 Å². The van der Waals surface area contributed by atoms with Crippen LogP contribution in [-0.2, 0) is 20.2 Å². The molecule has 1 unspecified atom stereocenters. The Labute approximate surface area is 184 Å². The van der Waals surface area contributed by atoms with Crippen LogP contribution in [0.5, 0.6) is 0 Å². The van der Waals surface area contributed by atoms with Gasteiger partial charge in [0.25, 0.3) is 10.0 Å². The number of hydrogen-bond donors (Lipinski definition) is 1. The summed E-state index contributed by atoms with van der Waals surface area (Å²) in [6.45, 7) is 1.34. The molecule has 5 nitrogen and oxygen atoms in total. The zero-order valence-corrected chi connectivity index (χ0v) is 19.4. The second-order valence-corrected chi connectivity index (χ2v) is 12.6. The Balaban J connectivity index is 1.40. The number of carbonyl (C=O) groups excluding carboxylic acids is 1. The maximum Gasteiger partial charge on any atom is 0.252 e. The van der Waals surface area contributed by atoms with Crippen LogP contribution in [0.15, 0.2) is 50.5 Å². The molecule has 2 fully saturated rings. The number of benzene rings is 1. The third-order valence-corrected chi connectivity index (χ3v) is 10.2. The number of sulfonamides is 1. The van der Waals surface area contributed by atoms with Gasteiger partial charge in [-0.05, 0) is 59.3 Å². The summed E-state index contributed by atoms with van der Waals surface area (Å²) in [5.41, 5.74) is 1.31. The van der Waals surface area contributed by atoms with Crippen LogP contribution in [0.4, 0.5) is 0 Å². The lowest BCUT2D eigenvalue weighted by Gasteiger charge is -2.43. The summed E-state index contributed by atoms with van der Waals surface area (Å²) >= 11 is 4.53. The molecule has 1 atom stereocenters. The van der Waals surface area contributed by atoms with Crippen molar-refractivity contribution in [1.29, 1.82) is 0 Å². The number of carbonyl (C=O) groups is 1. The highest BCUT2D eigenvalue weighted by Crippen LogP contribution is 2.43. The van der Waals surface area contributed by atoms with E-state index in [4.69, 9.17) is 0 Å². The summed E-state index contributed by atoms with van der Waals surface area (Å²) in [6.07, 6.45) is 4.76. The lowest BCUT2D eigenvalue weighted by molar-refractivity contribution is -0.126. The van der Waals surface area contributed by atoms with Crippen LogP contribution in [0.2, 0.25) is 0 Å². The van der Waals surface area contributed by atoms with Gasteiger partial charge in [0, 0.05) is 25.0 Å². The molecular formula is C21H25BrN2O3S2. The molecule has 1 aromatic carbocycles. The van der Waals surface area contributed by atoms with Crippen molar-refractivity contribution in [3.8, 4) is 0 Å².